The molecule has 0 atom stereocenters. The van der Waals surface area contributed by atoms with E-state index in [0.29, 0.717) is 12.2 Å². The Morgan fingerprint density at radius 1 is 1.28 bits per heavy atom. The summed E-state index contributed by atoms with van der Waals surface area (Å²) in [6, 6.07) is 3.73. The van der Waals surface area contributed by atoms with Crippen LogP contribution in [0.15, 0.2) is 24.3 Å². The molecule has 0 aromatic heterocycles. The molecule has 1 aromatic carbocycles. The lowest BCUT2D eigenvalue weighted by atomic mass is 10.1. The number of hydrogen-bond acceptors (Lipinski definition) is 4. The summed E-state index contributed by atoms with van der Waals surface area (Å²) in [7, 11) is 0. The molecule has 0 fully saturated rings. The van der Waals surface area contributed by atoms with Crippen LogP contribution in [0.4, 0.5) is 5.69 Å². The number of anilines is 1. The Morgan fingerprint density at radius 3 is 2.33 bits per heavy atom. The van der Waals surface area contributed by atoms with Crippen LogP contribution >= 0.6 is 0 Å². The zero-order valence-electron chi connectivity index (χ0n) is 11.1. The van der Waals surface area contributed by atoms with Gasteiger partial charge >= 0.3 is 5.97 Å². The molecule has 0 aliphatic heterocycles. The number of carbonyl (C=O) groups excluding carboxylic acids is 1. The summed E-state index contributed by atoms with van der Waals surface area (Å²) in [6.07, 6.45) is 0. The Hall–Kier alpha value is -1.97. The van der Waals surface area contributed by atoms with Crippen LogP contribution in [0.5, 0.6) is 5.75 Å². The molecular formula is C14H19NO3. The van der Waals surface area contributed by atoms with Gasteiger partial charge in [-0.05, 0) is 44.0 Å². The van der Waals surface area contributed by atoms with Crippen LogP contribution in [0.25, 0.3) is 0 Å². The first-order chi connectivity index (χ1) is 8.41. The number of hydrogen-bond donors (Lipinski definition) is 1. The Balaban J connectivity index is 2.45. The minimum absolute atomic E-state index is 0.203. The third-order valence-electron chi connectivity index (χ3n) is 2.50. The van der Waals surface area contributed by atoms with E-state index in [2.05, 4.69) is 6.58 Å². The van der Waals surface area contributed by atoms with Gasteiger partial charge in [-0.3, -0.25) is 0 Å². The number of esters is 1. The average Bonchev–Trinajstić information content (AvgIpc) is 2.31. The van der Waals surface area contributed by atoms with Gasteiger partial charge in [0.05, 0.1) is 0 Å². The van der Waals surface area contributed by atoms with E-state index in [4.69, 9.17) is 15.2 Å². The van der Waals surface area contributed by atoms with Crippen molar-refractivity contribution in [1.29, 1.82) is 0 Å². The third kappa shape index (κ3) is 3.80. The summed E-state index contributed by atoms with van der Waals surface area (Å²) in [5, 5.41) is 0. The Labute approximate surface area is 107 Å². The lowest BCUT2D eigenvalue weighted by molar-refractivity contribution is -0.139. The van der Waals surface area contributed by atoms with E-state index in [1.807, 2.05) is 26.0 Å². The minimum atomic E-state index is -0.400. The molecule has 2 N–H and O–H groups in total. The van der Waals surface area contributed by atoms with Crippen molar-refractivity contribution in [3.05, 3.63) is 35.4 Å². The second-order valence-corrected chi connectivity index (χ2v) is 4.24. The smallest absolute Gasteiger partial charge is 0.333 e. The van der Waals surface area contributed by atoms with E-state index < -0.39 is 5.97 Å². The highest BCUT2D eigenvalue weighted by atomic mass is 16.6. The number of carbonyl (C=O) groups is 1. The number of aryl methyl sites for hydroxylation is 2. The van der Waals surface area contributed by atoms with E-state index in [9.17, 15) is 4.79 Å². The predicted octanol–water partition coefficient (Wildman–Crippen LogP) is 2.38. The fourth-order valence-electron chi connectivity index (χ4n) is 1.44. The number of nitrogens with two attached hydrogens (primary N) is 1. The molecular weight excluding hydrogens is 230 g/mol. The van der Waals surface area contributed by atoms with Crippen molar-refractivity contribution in [3.8, 4) is 5.75 Å². The standard InChI is InChI=1S/C14H19NO3/c1-9(2)14(16)18-6-5-17-12-7-10(3)13(15)11(4)8-12/h7-8H,1,5-6,15H2,2-4H3. The topological polar surface area (TPSA) is 61.5 Å². The SMILES string of the molecule is C=C(C)C(=O)OCCOc1cc(C)c(N)c(C)c1. The van der Waals surface area contributed by atoms with Crippen LogP contribution in [0, 0.1) is 13.8 Å². The van der Waals surface area contributed by atoms with Gasteiger partial charge in [-0.2, -0.15) is 0 Å². The van der Waals surface area contributed by atoms with Gasteiger partial charge in [0, 0.05) is 11.3 Å². The molecule has 0 aliphatic carbocycles. The molecule has 0 bridgehead atoms. The minimum Gasteiger partial charge on any atom is -0.490 e. The van der Waals surface area contributed by atoms with E-state index in [1.165, 1.54) is 0 Å². The summed E-state index contributed by atoms with van der Waals surface area (Å²) in [4.78, 5) is 11.1. The highest BCUT2D eigenvalue weighted by Crippen LogP contribution is 2.23. The van der Waals surface area contributed by atoms with Crippen molar-refractivity contribution < 1.29 is 14.3 Å². The molecule has 98 valence electrons. The molecule has 0 spiro atoms. The van der Waals surface area contributed by atoms with Gasteiger partial charge in [-0.15, -0.1) is 0 Å². The van der Waals surface area contributed by atoms with Crippen LogP contribution in [0.1, 0.15) is 18.1 Å². The van der Waals surface area contributed by atoms with Crippen molar-refractivity contribution in [3.63, 3.8) is 0 Å². The van der Waals surface area contributed by atoms with Gasteiger partial charge in [-0.25, -0.2) is 4.79 Å². The molecule has 1 aromatic rings. The van der Waals surface area contributed by atoms with Gasteiger partial charge in [0.25, 0.3) is 0 Å². The highest BCUT2D eigenvalue weighted by Gasteiger charge is 2.04. The molecule has 1 rings (SSSR count). The molecule has 0 radical (unpaired) electrons. The predicted molar refractivity (Wildman–Crippen MR) is 71.6 cm³/mol. The molecule has 0 unspecified atom stereocenters. The van der Waals surface area contributed by atoms with Crippen molar-refractivity contribution in [1.82, 2.24) is 0 Å². The van der Waals surface area contributed by atoms with Crippen LogP contribution in [0.3, 0.4) is 0 Å². The second kappa shape index (κ2) is 6.10. The second-order valence-electron chi connectivity index (χ2n) is 4.24. The Morgan fingerprint density at radius 2 is 1.83 bits per heavy atom. The Bertz CT molecular complexity index is 443. The molecule has 4 heteroatoms. The molecule has 0 aliphatic rings. The first-order valence-corrected chi connectivity index (χ1v) is 5.74. The van der Waals surface area contributed by atoms with E-state index >= 15 is 0 Å². The number of ether oxygens (including phenoxy) is 2. The van der Waals surface area contributed by atoms with Gasteiger partial charge < -0.3 is 15.2 Å². The molecule has 0 saturated carbocycles. The summed E-state index contributed by atoms with van der Waals surface area (Å²) >= 11 is 0. The van der Waals surface area contributed by atoms with E-state index in [1.54, 1.807) is 6.92 Å². The van der Waals surface area contributed by atoms with Crippen LogP contribution < -0.4 is 10.5 Å². The van der Waals surface area contributed by atoms with Crippen molar-refractivity contribution >= 4 is 11.7 Å². The highest BCUT2D eigenvalue weighted by molar-refractivity contribution is 5.86. The van der Waals surface area contributed by atoms with Gasteiger partial charge in [-0.1, -0.05) is 6.58 Å². The lowest BCUT2D eigenvalue weighted by Gasteiger charge is -2.11. The largest absolute Gasteiger partial charge is 0.490 e. The van der Waals surface area contributed by atoms with Crippen molar-refractivity contribution in [2.45, 2.75) is 20.8 Å². The van der Waals surface area contributed by atoms with Crippen LogP contribution in [0.2, 0.25) is 0 Å². The summed E-state index contributed by atoms with van der Waals surface area (Å²) in [5.74, 6) is 0.328. The van der Waals surface area contributed by atoms with E-state index in [0.717, 1.165) is 22.6 Å². The van der Waals surface area contributed by atoms with Crippen LogP contribution in [-0.2, 0) is 9.53 Å². The quantitative estimate of drug-likeness (QED) is 0.377. The molecule has 0 amide bonds. The zero-order valence-corrected chi connectivity index (χ0v) is 11.1. The molecule has 4 nitrogen and oxygen atoms in total. The third-order valence-corrected chi connectivity index (χ3v) is 2.50. The maximum Gasteiger partial charge on any atom is 0.333 e. The lowest BCUT2D eigenvalue weighted by Crippen LogP contribution is -2.12. The average molecular weight is 249 g/mol. The first kappa shape index (κ1) is 14.1. The van der Waals surface area contributed by atoms with Crippen molar-refractivity contribution in [2.24, 2.45) is 0 Å². The van der Waals surface area contributed by atoms with Gasteiger partial charge in [0.1, 0.15) is 19.0 Å². The fraction of sp³-hybridized carbons (Fsp3) is 0.357. The number of nitrogen functional groups attached to an aromatic ring is 1. The number of benzene rings is 1. The summed E-state index contributed by atoms with van der Waals surface area (Å²) in [6.45, 7) is 9.47. The summed E-state index contributed by atoms with van der Waals surface area (Å²) < 4.78 is 10.4. The molecule has 0 heterocycles. The zero-order chi connectivity index (χ0) is 13.7. The van der Waals surface area contributed by atoms with Crippen molar-refractivity contribution in [2.75, 3.05) is 18.9 Å². The normalized spacial score (nSPS) is 9.94. The Kier molecular flexibility index (Phi) is 4.77. The fourth-order valence-corrected chi connectivity index (χ4v) is 1.44. The van der Waals surface area contributed by atoms with Gasteiger partial charge in [0.2, 0.25) is 0 Å². The van der Waals surface area contributed by atoms with Crippen LogP contribution in [-0.4, -0.2) is 19.2 Å². The maximum absolute atomic E-state index is 11.1. The number of rotatable bonds is 5. The van der Waals surface area contributed by atoms with E-state index in [-0.39, 0.29) is 6.61 Å². The maximum atomic E-state index is 11.1. The van der Waals surface area contributed by atoms with Gasteiger partial charge in [0.15, 0.2) is 0 Å². The first-order valence-electron chi connectivity index (χ1n) is 5.74. The molecule has 0 saturated heterocycles. The summed E-state index contributed by atoms with van der Waals surface area (Å²) in [5.41, 5.74) is 8.95. The monoisotopic (exact) mass is 249 g/mol. The molecule has 18 heavy (non-hydrogen) atoms.